The van der Waals surface area contributed by atoms with Gasteiger partial charge in [0.05, 0.1) is 6.20 Å². The summed E-state index contributed by atoms with van der Waals surface area (Å²) in [4.78, 5) is 4.44. The van der Waals surface area contributed by atoms with Crippen molar-refractivity contribution in [2.75, 3.05) is 5.73 Å². The molecule has 0 bridgehead atoms. The molecule has 2 aromatic rings. The van der Waals surface area contributed by atoms with Gasteiger partial charge in [-0.15, -0.1) is 0 Å². The van der Waals surface area contributed by atoms with Crippen molar-refractivity contribution in [3.63, 3.8) is 0 Å². The predicted molar refractivity (Wildman–Crippen MR) is 83.6 cm³/mol. The highest BCUT2D eigenvalue weighted by Gasteiger charge is 2.24. The van der Waals surface area contributed by atoms with E-state index in [9.17, 15) is 5.26 Å². The normalized spacial score (nSPS) is 11.4. The maximum atomic E-state index is 9.41. The van der Waals surface area contributed by atoms with E-state index < -0.39 is 0 Å². The van der Waals surface area contributed by atoms with E-state index in [2.05, 4.69) is 36.9 Å². The Labute approximate surface area is 125 Å². The smallest absolute Gasteiger partial charge is 0.142 e. The number of nitriles is 1. The average Bonchev–Trinajstić information content (AvgIpc) is 2.78. The van der Waals surface area contributed by atoms with Gasteiger partial charge in [-0.2, -0.15) is 10.4 Å². The van der Waals surface area contributed by atoms with Gasteiger partial charge in [0.25, 0.3) is 0 Å². The maximum absolute atomic E-state index is 9.41. The molecule has 0 aliphatic carbocycles. The molecule has 5 nitrogen and oxygen atoms in total. The van der Waals surface area contributed by atoms with Gasteiger partial charge in [-0.3, -0.25) is 4.68 Å². The molecule has 0 aliphatic heterocycles. The second-order valence-corrected chi connectivity index (χ2v) is 5.93. The summed E-state index contributed by atoms with van der Waals surface area (Å²) in [7, 11) is 1.88. The second kappa shape index (κ2) is 5.21. The Kier molecular flexibility index (Phi) is 3.73. The molecule has 21 heavy (non-hydrogen) atoms. The van der Waals surface area contributed by atoms with Crippen molar-refractivity contribution < 1.29 is 0 Å². The SMILES string of the molecule is CCC(C)(C)c1cc(-c2cnn(C)c2C)c(C#N)c(N)n1. The summed E-state index contributed by atoms with van der Waals surface area (Å²) < 4.78 is 1.79. The van der Waals surface area contributed by atoms with E-state index in [0.29, 0.717) is 5.56 Å². The number of rotatable bonds is 3. The van der Waals surface area contributed by atoms with Crippen LogP contribution in [0, 0.1) is 18.3 Å². The monoisotopic (exact) mass is 283 g/mol. The van der Waals surface area contributed by atoms with Gasteiger partial charge in [0.15, 0.2) is 0 Å². The minimum Gasteiger partial charge on any atom is -0.383 e. The van der Waals surface area contributed by atoms with Crippen LogP contribution in [-0.4, -0.2) is 14.8 Å². The van der Waals surface area contributed by atoms with Crippen LogP contribution in [0.1, 0.15) is 44.1 Å². The molecule has 0 unspecified atom stereocenters. The molecule has 5 heteroatoms. The number of nitrogens with zero attached hydrogens (tertiary/aromatic N) is 4. The molecule has 0 spiro atoms. The quantitative estimate of drug-likeness (QED) is 0.939. The third-order valence-corrected chi connectivity index (χ3v) is 4.26. The van der Waals surface area contributed by atoms with E-state index in [1.165, 1.54) is 0 Å². The van der Waals surface area contributed by atoms with Gasteiger partial charge in [-0.25, -0.2) is 4.98 Å². The van der Waals surface area contributed by atoms with Gasteiger partial charge in [0.1, 0.15) is 17.5 Å². The molecule has 2 rings (SSSR count). The van der Waals surface area contributed by atoms with Crippen molar-refractivity contribution in [3.05, 3.63) is 29.2 Å². The van der Waals surface area contributed by atoms with Crippen LogP contribution < -0.4 is 5.73 Å². The van der Waals surface area contributed by atoms with Crippen LogP contribution >= 0.6 is 0 Å². The molecule has 0 radical (unpaired) electrons. The lowest BCUT2D eigenvalue weighted by Gasteiger charge is -2.23. The first-order valence-electron chi connectivity index (χ1n) is 7.02. The second-order valence-electron chi connectivity index (χ2n) is 5.93. The van der Waals surface area contributed by atoms with Crippen LogP contribution in [0.5, 0.6) is 0 Å². The molecule has 0 aromatic carbocycles. The Morgan fingerprint density at radius 1 is 1.38 bits per heavy atom. The summed E-state index contributed by atoms with van der Waals surface area (Å²) in [5.74, 6) is 0.287. The fourth-order valence-electron chi connectivity index (χ4n) is 2.19. The summed E-state index contributed by atoms with van der Waals surface area (Å²) in [5, 5.41) is 13.7. The van der Waals surface area contributed by atoms with Crippen LogP contribution in [0.15, 0.2) is 12.3 Å². The molecule has 2 aromatic heterocycles. The number of aryl methyl sites for hydroxylation is 1. The van der Waals surface area contributed by atoms with E-state index >= 15 is 0 Å². The lowest BCUT2D eigenvalue weighted by molar-refractivity contribution is 0.491. The van der Waals surface area contributed by atoms with Gasteiger partial charge in [-0.1, -0.05) is 20.8 Å². The van der Waals surface area contributed by atoms with Crippen molar-refractivity contribution in [1.29, 1.82) is 5.26 Å². The fraction of sp³-hybridized carbons (Fsp3) is 0.438. The summed E-state index contributed by atoms with van der Waals surface area (Å²) in [6.07, 6.45) is 2.71. The first-order valence-corrected chi connectivity index (χ1v) is 7.02. The highest BCUT2D eigenvalue weighted by molar-refractivity contribution is 5.77. The van der Waals surface area contributed by atoms with Crippen molar-refractivity contribution in [1.82, 2.24) is 14.8 Å². The Morgan fingerprint density at radius 3 is 2.52 bits per heavy atom. The number of nitrogens with two attached hydrogens (primary N) is 1. The zero-order valence-electron chi connectivity index (χ0n) is 13.2. The molecule has 0 atom stereocenters. The maximum Gasteiger partial charge on any atom is 0.142 e. The Bertz CT molecular complexity index is 719. The van der Waals surface area contributed by atoms with Crippen molar-refractivity contribution in [2.24, 2.45) is 7.05 Å². The zero-order valence-corrected chi connectivity index (χ0v) is 13.2. The first-order chi connectivity index (χ1) is 9.81. The lowest BCUT2D eigenvalue weighted by atomic mass is 9.84. The molecule has 0 fully saturated rings. The topological polar surface area (TPSA) is 80.5 Å². The van der Waals surface area contributed by atoms with E-state index in [-0.39, 0.29) is 11.2 Å². The summed E-state index contributed by atoms with van der Waals surface area (Å²) >= 11 is 0. The predicted octanol–water partition coefficient (Wildman–Crippen LogP) is 2.93. The van der Waals surface area contributed by atoms with E-state index in [1.54, 1.807) is 10.9 Å². The molecule has 0 saturated carbocycles. The third kappa shape index (κ3) is 2.49. The number of pyridine rings is 1. The molecular weight excluding hydrogens is 262 g/mol. The van der Waals surface area contributed by atoms with Crippen LogP contribution in [-0.2, 0) is 12.5 Å². The van der Waals surface area contributed by atoms with Crippen LogP contribution in [0.3, 0.4) is 0 Å². The highest BCUT2D eigenvalue weighted by Crippen LogP contribution is 2.34. The summed E-state index contributed by atoms with van der Waals surface area (Å²) in [6.45, 7) is 8.34. The van der Waals surface area contributed by atoms with Crippen LogP contribution in [0.2, 0.25) is 0 Å². The fourth-order valence-corrected chi connectivity index (χ4v) is 2.19. The summed E-state index contributed by atoms with van der Waals surface area (Å²) in [5.41, 5.74) is 9.98. The first kappa shape index (κ1) is 15.0. The van der Waals surface area contributed by atoms with Crippen LogP contribution in [0.25, 0.3) is 11.1 Å². The van der Waals surface area contributed by atoms with Crippen LogP contribution in [0.4, 0.5) is 5.82 Å². The van der Waals surface area contributed by atoms with E-state index in [4.69, 9.17) is 5.73 Å². The minimum absolute atomic E-state index is 0.0903. The number of nitrogen functional groups attached to an aromatic ring is 1. The lowest BCUT2D eigenvalue weighted by Crippen LogP contribution is -2.19. The largest absolute Gasteiger partial charge is 0.383 e. The average molecular weight is 283 g/mol. The molecule has 0 aliphatic rings. The van der Waals surface area contributed by atoms with Gasteiger partial charge in [0, 0.05) is 35.0 Å². The van der Waals surface area contributed by atoms with Crippen molar-refractivity contribution >= 4 is 5.82 Å². The number of anilines is 1. The van der Waals surface area contributed by atoms with Crippen molar-refractivity contribution in [2.45, 2.75) is 39.5 Å². The Hall–Kier alpha value is -2.35. The molecule has 0 saturated heterocycles. The molecular formula is C16H21N5. The number of aromatic nitrogens is 3. The highest BCUT2D eigenvalue weighted by atomic mass is 15.3. The van der Waals surface area contributed by atoms with E-state index in [0.717, 1.165) is 28.9 Å². The van der Waals surface area contributed by atoms with Gasteiger partial charge in [-0.05, 0) is 19.4 Å². The van der Waals surface area contributed by atoms with E-state index in [1.807, 2.05) is 20.0 Å². The minimum atomic E-state index is -0.0903. The molecule has 2 heterocycles. The molecule has 0 amide bonds. The summed E-state index contributed by atoms with van der Waals surface area (Å²) in [6, 6.07) is 4.15. The third-order valence-electron chi connectivity index (χ3n) is 4.26. The Balaban J connectivity index is 2.75. The van der Waals surface area contributed by atoms with Crippen molar-refractivity contribution in [3.8, 4) is 17.2 Å². The molecule has 110 valence electrons. The molecule has 2 N–H and O–H groups in total. The van der Waals surface area contributed by atoms with Gasteiger partial charge >= 0.3 is 0 Å². The number of hydrogen-bond acceptors (Lipinski definition) is 4. The Morgan fingerprint density at radius 2 is 2.05 bits per heavy atom. The number of hydrogen-bond donors (Lipinski definition) is 1. The zero-order chi connectivity index (χ0) is 15.8. The van der Waals surface area contributed by atoms with Gasteiger partial charge in [0.2, 0.25) is 0 Å². The van der Waals surface area contributed by atoms with Gasteiger partial charge < -0.3 is 5.73 Å². The standard InChI is InChI=1S/C16H21N5/c1-6-16(3,4)14-7-11(12(8-17)15(18)20-14)13-9-19-21(5)10(13)2/h7,9H,6H2,1-5H3,(H2,18,20).